The first-order chi connectivity index (χ1) is 10.6. The van der Waals surface area contributed by atoms with Gasteiger partial charge in [-0.2, -0.15) is 0 Å². The van der Waals surface area contributed by atoms with Crippen molar-refractivity contribution in [2.45, 2.75) is 6.10 Å². The standard InChI is InChI=1S/C15H15IN2O4/c16-11-5-2-1-4-10(11)15(21)18-9-14(20)17-8-12(19)13-6-3-7-22-13/h1-7,12,19H,8-9H2,(H,17,20)(H,18,21). The molecule has 0 bridgehead atoms. The quantitative estimate of drug-likeness (QED) is 0.625. The van der Waals surface area contributed by atoms with E-state index in [1.165, 1.54) is 6.26 Å². The molecule has 2 rings (SSSR count). The molecule has 2 amide bonds. The molecule has 1 atom stereocenters. The Balaban J connectivity index is 1.76. The van der Waals surface area contributed by atoms with E-state index in [0.717, 1.165) is 3.57 Å². The smallest absolute Gasteiger partial charge is 0.252 e. The summed E-state index contributed by atoms with van der Waals surface area (Å²) in [7, 11) is 0. The Morgan fingerprint density at radius 3 is 2.64 bits per heavy atom. The Bertz CT molecular complexity index is 643. The minimum absolute atomic E-state index is 0.0189. The van der Waals surface area contributed by atoms with Crippen molar-refractivity contribution in [2.75, 3.05) is 13.1 Å². The van der Waals surface area contributed by atoms with E-state index in [2.05, 4.69) is 33.2 Å². The van der Waals surface area contributed by atoms with Gasteiger partial charge in [-0.15, -0.1) is 0 Å². The normalized spacial score (nSPS) is 11.7. The largest absolute Gasteiger partial charge is 0.467 e. The summed E-state index contributed by atoms with van der Waals surface area (Å²) >= 11 is 2.06. The molecule has 0 fully saturated rings. The van der Waals surface area contributed by atoms with E-state index >= 15 is 0 Å². The van der Waals surface area contributed by atoms with Crippen LogP contribution >= 0.6 is 22.6 Å². The van der Waals surface area contributed by atoms with Crippen LogP contribution in [0.1, 0.15) is 22.2 Å². The lowest BCUT2D eigenvalue weighted by Crippen LogP contribution is -2.38. The highest BCUT2D eigenvalue weighted by Crippen LogP contribution is 2.12. The lowest BCUT2D eigenvalue weighted by molar-refractivity contribution is -0.120. The van der Waals surface area contributed by atoms with E-state index in [4.69, 9.17) is 4.42 Å². The highest BCUT2D eigenvalue weighted by Gasteiger charge is 2.13. The number of benzene rings is 1. The fraction of sp³-hybridized carbons (Fsp3) is 0.200. The molecule has 0 radical (unpaired) electrons. The maximum Gasteiger partial charge on any atom is 0.252 e. The minimum atomic E-state index is -0.912. The van der Waals surface area contributed by atoms with Crippen molar-refractivity contribution >= 4 is 34.4 Å². The van der Waals surface area contributed by atoms with E-state index < -0.39 is 6.10 Å². The summed E-state index contributed by atoms with van der Waals surface area (Å²) in [6.07, 6.45) is 0.534. The first-order valence-electron chi connectivity index (χ1n) is 6.59. The van der Waals surface area contributed by atoms with Gasteiger partial charge in [0.2, 0.25) is 5.91 Å². The summed E-state index contributed by atoms with van der Waals surface area (Å²) in [5, 5.41) is 14.8. The lowest BCUT2D eigenvalue weighted by Gasteiger charge is -2.10. The summed E-state index contributed by atoms with van der Waals surface area (Å²) in [5.74, 6) is -0.320. The summed E-state index contributed by atoms with van der Waals surface area (Å²) in [4.78, 5) is 23.6. The van der Waals surface area contributed by atoms with Gasteiger partial charge in [0, 0.05) is 3.57 Å². The van der Waals surface area contributed by atoms with Gasteiger partial charge in [0.1, 0.15) is 11.9 Å². The van der Waals surface area contributed by atoms with E-state index in [1.54, 1.807) is 24.3 Å². The fourth-order valence-electron chi connectivity index (χ4n) is 1.76. The number of hydrogen-bond acceptors (Lipinski definition) is 4. The first kappa shape index (κ1) is 16.5. The molecule has 1 unspecified atom stereocenters. The van der Waals surface area contributed by atoms with Crippen molar-refractivity contribution in [3.05, 3.63) is 57.6 Å². The van der Waals surface area contributed by atoms with Crippen molar-refractivity contribution in [1.29, 1.82) is 0 Å². The number of halogens is 1. The Morgan fingerprint density at radius 2 is 1.95 bits per heavy atom. The highest BCUT2D eigenvalue weighted by molar-refractivity contribution is 14.1. The van der Waals surface area contributed by atoms with Gasteiger partial charge in [0.15, 0.2) is 0 Å². The van der Waals surface area contributed by atoms with Crippen LogP contribution < -0.4 is 10.6 Å². The zero-order valence-corrected chi connectivity index (χ0v) is 13.7. The zero-order chi connectivity index (χ0) is 15.9. The summed E-state index contributed by atoms with van der Waals surface area (Å²) in [5.41, 5.74) is 0.520. The topological polar surface area (TPSA) is 91.6 Å². The molecule has 0 aliphatic carbocycles. The molecule has 1 aromatic heterocycles. The minimum Gasteiger partial charge on any atom is -0.467 e. The SMILES string of the molecule is O=C(CNC(=O)c1ccccc1I)NCC(O)c1ccco1. The number of carbonyl (C=O) groups is 2. The zero-order valence-electron chi connectivity index (χ0n) is 11.6. The van der Waals surface area contributed by atoms with Gasteiger partial charge in [0.25, 0.3) is 5.91 Å². The monoisotopic (exact) mass is 414 g/mol. The number of hydrogen-bond donors (Lipinski definition) is 3. The third kappa shape index (κ3) is 4.57. The summed E-state index contributed by atoms with van der Waals surface area (Å²) in [6, 6.07) is 10.4. The van der Waals surface area contributed by atoms with Gasteiger partial charge in [-0.3, -0.25) is 9.59 Å². The molecule has 1 aromatic carbocycles. The molecule has 0 saturated heterocycles. The number of aliphatic hydroxyl groups excluding tert-OH is 1. The molecule has 7 heteroatoms. The van der Waals surface area contributed by atoms with Gasteiger partial charge in [-0.05, 0) is 46.9 Å². The van der Waals surface area contributed by atoms with Crippen LogP contribution in [0.2, 0.25) is 0 Å². The van der Waals surface area contributed by atoms with Gasteiger partial charge in [-0.25, -0.2) is 0 Å². The van der Waals surface area contributed by atoms with Gasteiger partial charge in [0.05, 0.1) is 24.9 Å². The molecule has 3 N–H and O–H groups in total. The Labute approximate surface area is 141 Å². The molecule has 0 saturated carbocycles. The number of aliphatic hydroxyl groups is 1. The molecule has 0 aliphatic heterocycles. The number of furan rings is 1. The first-order valence-corrected chi connectivity index (χ1v) is 7.66. The molecule has 116 valence electrons. The van der Waals surface area contributed by atoms with Crippen LogP contribution in [0.4, 0.5) is 0 Å². The average molecular weight is 414 g/mol. The summed E-state index contributed by atoms with van der Waals surface area (Å²) in [6.45, 7) is -0.139. The van der Waals surface area contributed by atoms with Crippen molar-refractivity contribution < 1.29 is 19.1 Å². The maximum atomic E-state index is 11.9. The van der Waals surface area contributed by atoms with Crippen molar-refractivity contribution in [3.8, 4) is 0 Å². The average Bonchev–Trinajstić information content (AvgIpc) is 3.05. The van der Waals surface area contributed by atoms with E-state index in [9.17, 15) is 14.7 Å². The van der Waals surface area contributed by atoms with Crippen molar-refractivity contribution in [2.24, 2.45) is 0 Å². The number of amides is 2. The molecule has 0 aliphatic rings. The van der Waals surface area contributed by atoms with Gasteiger partial charge < -0.3 is 20.2 Å². The highest BCUT2D eigenvalue weighted by atomic mass is 127. The molecular weight excluding hydrogens is 399 g/mol. The lowest BCUT2D eigenvalue weighted by atomic mass is 10.2. The summed E-state index contributed by atoms with van der Waals surface area (Å²) < 4.78 is 5.84. The molecule has 6 nitrogen and oxygen atoms in total. The predicted molar refractivity (Wildman–Crippen MR) is 88.2 cm³/mol. The number of rotatable bonds is 6. The molecule has 22 heavy (non-hydrogen) atoms. The van der Waals surface area contributed by atoms with Crippen LogP contribution in [-0.4, -0.2) is 30.0 Å². The van der Waals surface area contributed by atoms with E-state index in [1.807, 2.05) is 12.1 Å². The second-order valence-corrected chi connectivity index (χ2v) is 5.66. The second kappa shape index (κ2) is 7.95. The molecule has 0 spiro atoms. The third-order valence-corrected chi connectivity index (χ3v) is 3.83. The van der Waals surface area contributed by atoms with Gasteiger partial charge >= 0.3 is 0 Å². The van der Waals surface area contributed by atoms with E-state index in [0.29, 0.717) is 11.3 Å². The predicted octanol–water partition coefficient (Wildman–Crippen LogP) is 1.46. The number of nitrogens with one attached hydrogen (secondary N) is 2. The van der Waals surface area contributed by atoms with Crippen LogP contribution in [0.25, 0.3) is 0 Å². The van der Waals surface area contributed by atoms with E-state index in [-0.39, 0.29) is 24.9 Å². The Morgan fingerprint density at radius 1 is 1.18 bits per heavy atom. The fourth-order valence-corrected chi connectivity index (χ4v) is 2.39. The second-order valence-electron chi connectivity index (χ2n) is 4.50. The Hall–Kier alpha value is -1.87. The van der Waals surface area contributed by atoms with Crippen molar-refractivity contribution in [1.82, 2.24) is 10.6 Å². The van der Waals surface area contributed by atoms with Crippen LogP contribution in [-0.2, 0) is 4.79 Å². The van der Waals surface area contributed by atoms with Gasteiger partial charge in [-0.1, -0.05) is 12.1 Å². The van der Waals surface area contributed by atoms with Crippen molar-refractivity contribution in [3.63, 3.8) is 0 Å². The molecule has 1 heterocycles. The van der Waals surface area contributed by atoms with Crippen LogP contribution in [0.3, 0.4) is 0 Å². The van der Waals surface area contributed by atoms with Crippen LogP contribution in [0.5, 0.6) is 0 Å². The molecular formula is C15H15IN2O4. The number of carbonyl (C=O) groups excluding carboxylic acids is 2. The van der Waals surface area contributed by atoms with Crippen LogP contribution in [0.15, 0.2) is 47.1 Å². The maximum absolute atomic E-state index is 11.9. The molecule has 2 aromatic rings. The van der Waals surface area contributed by atoms with Crippen LogP contribution in [0, 0.1) is 3.57 Å². The third-order valence-electron chi connectivity index (χ3n) is 2.89. The Kier molecular flexibility index (Phi) is 5.96.